The molecule has 6 nitrogen and oxygen atoms in total. The van der Waals surface area contributed by atoms with Gasteiger partial charge in [-0.05, 0) is 30.7 Å². The fourth-order valence-electron chi connectivity index (χ4n) is 2.63. The van der Waals surface area contributed by atoms with Crippen LogP contribution in [0.3, 0.4) is 0 Å². The van der Waals surface area contributed by atoms with Crippen LogP contribution in [0.4, 0.5) is 16.2 Å². The van der Waals surface area contributed by atoms with Gasteiger partial charge in [-0.1, -0.05) is 18.2 Å². The highest BCUT2D eigenvalue weighted by atomic mass is 16.6. The van der Waals surface area contributed by atoms with Crippen LogP contribution in [-0.4, -0.2) is 39.4 Å². The van der Waals surface area contributed by atoms with Crippen molar-refractivity contribution in [1.29, 1.82) is 0 Å². The number of hydrogen-bond acceptors (Lipinski definition) is 4. The number of carbonyl (C=O) groups is 1. The summed E-state index contributed by atoms with van der Waals surface area (Å²) in [5.74, 6) is 1.37. The molecule has 0 spiro atoms. The highest BCUT2D eigenvalue weighted by Gasteiger charge is 2.12. The van der Waals surface area contributed by atoms with Gasteiger partial charge in [-0.15, -0.1) is 0 Å². The highest BCUT2D eigenvalue weighted by molar-refractivity contribution is 5.89. The van der Waals surface area contributed by atoms with Crippen LogP contribution in [0.25, 0.3) is 0 Å². The maximum atomic E-state index is 12.0. The molecular weight excluding hydrogens is 318 g/mol. The first-order chi connectivity index (χ1) is 12.2. The molecule has 0 saturated heterocycles. The quantitative estimate of drug-likeness (QED) is 0.793. The molecule has 6 heteroatoms. The molecule has 2 aromatic carbocycles. The molecule has 0 unspecified atom stereocenters. The number of rotatable bonds is 6. The first kappa shape index (κ1) is 17.0. The lowest BCUT2D eigenvalue weighted by molar-refractivity contribution is 0.171. The fourth-order valence-corrected chi connectivity index (χ4v) is 2.63. The SMILES string of the molecule is CN(CCCNC(=O)Nc1ccc2c(c1)OCCO2)c1ccccc1. The van der Waals surface area contributed by atoms with E-state index in [2.05, 4.69) is 27.7 Å². The van der Waals surface area contributed by atoms with Gasteiger partial charge in [0.15, 0.2) is 11.5 Å². The smallest absolute Gasteiger partial charge is 0.319 e. The van der Waals surface area contributed by atoms with E-state index in [0.717, 1.165) is 13.0 Å². The van der Waals surface area contributed by atoms with Gasteiger partial charge >= 0.3 is 6.03 Å². The van der Waals surface area contributed by atoms with Gasteiger partial charge in [0, 0.05) is 37.6 Å². The number of anilines is 2. The Morgan fingerprint density at radius 3 is 2.64 bits per heavy atom. The number of ether oxygens (including phenoxy) is 2. The molecule has 3 rings (SSSR count). The number of benzene rings is 2. The minimum atomic E-state index is -0.223. The van der Waals surface area contributed by atoms with Gasteiger partial charge in [-0.2, -0.15) is 0 Å². The van der Waals surface area contributed by atoms with E-state index < -0.39 is 0 Å². The number of urea groups is 1. The predicted octanol–water partition coefficient (Wildman–Crippen LogP) is 3.11. The first-order valence-corrected chi connectivity index (χ1v) is 8.43. The molecule has 0 aromatic heterocycles. The molecule has 0 saturated carbocycles. The van der Waals surface area contributed by atoms with E-state index >= 15 is 0 Å². The molecule has 132 valence electrons. The topological polar surface area (TPSA) is 62.8 Å². The van der Waals surface area contributed by atoms with Gasteiger partial charge in [0.1, 0.15) is 13.2 Å². The van der Waals surface area contributed by atoms with Crippen LogP contribution in [0.5, 0.6) is 11.5 Å². The average Bonchev–Trinajstić information content (AvgIpc) is 2.65. The van der Waals surface area contributed by atoms with Gasteiger partial charge in [0.25, 0.3) is 0 Å². The second-order valence-electron chi connectivity index (χ2n) is 5.85. The Hall–Kier alpha value is -2.89. The monoisotopic (exact) mass is 341 g/mol. The zero-order chi connectivity index (χ0) is 17.5. The van der Waals surface area contributed by atoms with E-state index in [-0.39, 0.29) is 6.03 Å². The minimum absolute atomic E-state index is 0.223. The van der Waals surface area contributed by atoms with E-state index in [0.29, 0.717) is 36.9 Å². The Bertz CT molecular complexity index is 706. The van der Waals surface area contributed by atoms with Gasteiger partial charge in [0.05, 0.1) is 0 Å². The average molecular weight is 341 g/mol. The van der Waals surface area contributed by atoms with Crippen molar-refractivity contribution in [3.05, 3.63) is 48.5 Å². The summed E-state index contributed by atoms with van der Waals surface area (Å²) in [5.41, 5.74) is 1.85. The number of para-hydroxylation sites is 1. The molecule has 25 heavy (non-hydrogen) atoms. The van der Waals surface area contributed by atoms with Gasteiger partial charge < -0.3 is 25.0 Å². The summed E-state index contributed by atoms with van der Waals surface area (Å²) in [4.78, 5) is 14.2. The van der Waals surface area contributed by atoms with Crippen LogP contribution in [0.2, 0.25) is 0 Å². The molecule has 2 aromatic rings. The molecule has 2 N–H and O–H groups in total. The van der Waals surface area contributed by atoms with Crippen LogP contribution in [-0.2, 0) is 0 Å². The molecule has 2 amide bonds. The van der Waals surface area contributed by atoms with E-state index in [9.17, 15) is 4.79 Å². The maximum Gasteiger partial charge on any atom is 0.319 e. The lowest BCUT2D eigenvalue weighted by Gasteiger charge is -2.20. The van der Waals surface area contributed by atoms with Crippen LogP contribution in [0.15, 0.2) is 48.5 Å². The second-order valence-corrected chi connectivity index (χ2v) is 5.85. The lowest BCUT2D eigenvalue weighted by Crippen LogP contribution is -2.31. The zero-order valence-electron chi connectivity index (χ0n) is 14.3. The molecule has 0 atom stereocenters. The Labute approximate surface area is 147 Å². The number of nitrogens with one attached hydrogen (secondary N) is 2. The highest BCUT2D eigenvalue weighted by Crippen LogP contribution is 2.32. The summed E-state index contributed by atoms with van der Waals surface area (Å²) in [5, 5.41) is 5.68. The van der Waals surface area contributed by atoms with Crippen molar-refractivity contribution in [2.24, 2.45) is 0 Å². The van der Waals surface area contributed by atoms with Crippen molar-refractivity contribution in [3.8, 4) is 11.5 Å². The molecular formula is C19H23N3O3. The Morgan fingerprint density at radius 2 is 1.84 bits per heavy atom. The Morgan fingerprint density at radius 1 is 1.08 bits per heavy atom. The zero-order valence-corrected chi connectivity index (χ0v) is 14.3. The molecule has 1 heterocycles. The van der Waals surface area contributed by atoms with Gasteiger partial charge in [-0.25, -0.2) is 4.79 Å². The number of amides is 2. The molecule has 1 aliphatic heterocycles. The van der Waals surface area contributed by atoms with Crippen molar-refractivity contribution in [1.82, 2.24) is 5.32 Å². The van der Waals surface area contributed by atoms with Crippen LogP contribution in [0, 0.1) is 0 Å². The minimum Gasteiger partial charge on any atom is -0.486 e. The fraction of sp³-hybridized carbons (Fsp3) is 0.316. The Balaban J connectivity index is 1.40. The third-order valence-electron chi connectivity index (χ3n) is 3.95. The van der Waals surface area contributed by atoms with Gasteiger partial charge in [-0.3, -0.25) is 0 Å². The molecule has 0 fully saturated rings. The Kier molecular flexibility index (Phi) is 5.61. The second kappa shape index (κ2) is 8.28. The van der Waals surface area contributed by atoms with Crippen LogP contribution < -0.4 is 25.0 Å². The standard InChI is InChI=1S/C19H23N3O3/c1-22(16-6-3-2-4-7-16)11-5-10-20-19(23)21-15-8-9-17-18(14-15)25-13-12-24-17/h2-4,6-9,14H,5,10-13H2,1H3,(H2,20,21,23). The van der Waals surface area contributed by atoms with Gasteiger partial charge in [0.2, 0.25) is 0 Å². The number of nitrogens with zero attached hydrogens (tertiary/aromatic N) is 1. The predicted molar refractivity (Wildman–Crippen MR) is 98.8 cm³/mol. The lowest BCUT2D eigenvalue weighted by atomic mass is 10.2. The molecule has 0 radical (unpaired) electrons. The van der Waals surface area contributed by atoms with Crippen molar-refractivity contribution in [3.63, 3.8) is 0 Å². The van der Waals surface area contributed by atoms with Crippen molar-refractivity contribution < 1.29 is 14.3 Å². The van der Waals surface area contributed by atoms with Crippen molar-refractivity contribution in [2.75, 3.05) is 43.6 Å². The van der Waals surface area contributed by atoms with E-state index in [1.54, 1.807) is 18.2 Å². The normalized spacial score (nSPS) is 12.4. The number of carbonyl (C=O) groups excluding carboxylic acids is 1. The third kappa shape index (κ3) is 4.79. The summed E-state index contributed by atoms with van der Waals surface area (Å²) >= 11 is 0. The molecule has 0 aliphatic carbocycles. The van der Waals surface area contributed by atoms with E-state index in [1.807, 2.05) is 25.2 Å². The largest absolute Gasteiger partial charge is 0.486 e. The number of fused-ring (bicyclic) bond motifs is 1. The summed E-state index contributed by atoms with van der Waals surface area (Å²) < 4.78 is 11.0. The molecule has 0 bridgehead atoms. The summed E-state index contributed by atoms with van der Waals surface area (Å²) in [6.07, 6.45) is 0.861. The van der Waals surface area contributed by atoms with Crippen LogP contribution in [0.1, 0.15) is 6.42 Å². The third-order valence-corrected chi connectivity index (χ3v) is 3.95. The van der Waals surface area contributed by atoms with E-state index in [4.69, 9.17) is 9.47 Å². The van der Waals surface area contributed by atoms with Crippen molar-refractivity contribution in [2.45, 2.75) is 6.42 Å². The number of hydrogen-bond donors (Lipinski definition) is 2. The summed E-state index contributed by atoms with van der Waals surface area (Å²) in [6.45, 7) is 2.55. The van der Waals surface area contributed by atoms with Crippen molar-refractivity contribution >= 4 is 17.4 Å². The summed E-state index contributed by atoms with van der Waals surface area (Å²) in [7, 11) is 2.05. The maximum absolute atomic E-state index is 12.0. The molecule has 1 aliphatic rings. The first-order valence-electron chi connectivity index (χ1n) is 8.43. The van der Waals surface area contributed by atoms with E-state index in [1.165, 1.54) is 5.69 Å². The summed E-state index contributed by atoms with van der Waals surface area (Å²) in [6, 6.07) is 15.3. The van der Waals surface area contributed by atoms with Crippen LogP contribution >= 0.6 is 0 Å².